The fourth-order valence-corrected chi connectivity index (χ4v) is 7.23. The Morgan fingerprint density at radius 1 is 1.37 bits per heavy atom. The molecule has 8 nitrogen and oxygen atoms in total. The van der Waals surface area contributed by atoms with Gasteiger partial charge in [-0.1, -0.05) is 23.4 Å². The zero-order valence-electron chi connectivity index (χ0n) is 14.3. The predicted octanol–water partition coefficient (Wildman–Crippen LogP) is 1.81. The summed E-state index contributed by atoms with van der Waals surface area (Å²) in [7, 11) is -1.69. The van der Waals surface area contributed by atoms with Gasteiger partial charge in [0.25, 0.3) is 0 Å². The third-order valence-electron chi connectivity index (χ3n) is 4.25. The average molecular weight is 433 g/mol. The molecule has 0 aromatic heterocycles. The van der Waals surface area contributed by atoms with Crippen LogP contribution in [0.25, 0.3) is 0 Å². The fourth-order valence-electron chi connectivity index (χ4n) is 3.05. The lowest BCUT2D eigenvalue weighted by Gasteiger charge is -2.25. The van der Waals surface area contributed by atoms with Crippen LogP contribution in [0.4, 0.5) is 5.69 Å². The van der Waals surface area contributed by atoms with Crippen molar-refractivity contribution in [3.63, 3.8) is 0 Å². The summed E-state index contributed by atoms with van der Waals surface area (Å²) in [4.78, 5) is 28.4. The Bertz CT molecular complexity index is 917. The number of hydrogen-bond donors (Lipinski definition) is 1. The van der Waals surface area contributed by atoms with E-state index in [-0.39, 0.29) is 35.6 Å². The molecular formula is C16H17ClN2O6S2. The van der Waals surface area contributed by atoms with E-state index < -0.39 is 21.7 Å². The van der Waals surface area contributed by atoms with Crippen LogP contribution in [0.15, 0.2) is 23.2 Å². The Labute approximate surface area is 165 Å². The lowest BCUT2D eigenvalue weighted by molar-refractivity contribution is -0.138. The SMILES string of the molecule is COc1ccc(N2C(=NC(=O)CCC(=O)O)S[C@H]3CS(=O)(=O)C[C@@H]32)cc1Cl. The number of rotatable bonds is 5. The Hall–Kier alpha value is -1.78. The molecule has 0 saturated carbocycles. The number of aliphatic carboxylic acids is 1. The van der Waals surface area contributed by atoms with Crippen LogP contribution in [-0.4, -0.2) is 60.5 Å². The van der Waals surface area contributed by atoms with E-state index in [1.807, 2.05) is 0 Å². The van der Waals surface area contributed by atoms with Gasteiger partial charge in [0.2, 0.25) is 5.91 Å². The number of benzene rings is 1. The highest BCUT2D eigenvalue weighted by molar-refractivity contribution is 8.16. The maximum absolute atomic E-state index is 12.0. The minimum absolute atomic E-state index is 0.00502. The summed E-state index contributed by atoms with van der Waals surface area (Å²) in [6, 6.07) is 4.64. The van der Waals surface area contributed by atoms with Crippen molar-refractivity contribution in [3.8, 4) is 5.75 Å². The van der Waals surface area contributed by atoms with Gasteiger partial charge in [0.15, 0.2) is 15.0 Å². The van der Waals surface area contributed by atoms with E-state index in [1.165, 1.54) is 18.9 Å². The van der Waals surface area contributed by atoms with Gasteiger partial charge >= 0.3 is 5.97 Å². The highest BCUT2D eigenvalue weighted by atomic mass is 35.5. The first-order valence-corrected chi connectivity index (χ1v) is 11.1. The molecule has 0 unspecified atom stereocenters. The molecule has 0 aliphatic carbocycles. The zero-order valence-corrected chi connectivity index (χ0v) is 16.7. The first-order valence-electron chi connectivity index (χ1n) is 8.03. The molecule has 1 aromatic rings. The van der Waals surface area contributed by atoms with Crippen molar-refractivity contribution in [2.45, 2.75) is 24.1 Å². The van der Waals surface area contributed by atoms with Gasteiger partial charge in [0.1, 0.15) is 5.75 Å². The molecule has 2 heterocycles. The van der Waals surface area contributed by atoms with Crippen molar-refractivity contribution < 1.29 is 27.9 Å². The number of halogens is 1. The molecule has 1 N–H and O–H groups in total. The first kappa shape index (κ1) is 20.0. The van der Waals surface area contributed by atoms with Crippen molar-refractivity contribution in [2.24, 2.45) is 4.99 Å². The van der Waals surface area contributed by atoms with Gasteiger partial charge < -0.3 is 14.7 Å². The average Bonchev–Trinajstić information content (AvgIpc) is 3.03. The molecule has 0 bridgehead atoms. The van der Waals surface area contributed by atoms with Crippen molar-refractivity contribution >= 4 is 55.9 Å². The molecule has 2 saturated heterocycles. The number of sulfone groups is 1. The summed E-state index contributed by atoms with van der Waals surface area (Å²) in [6.07, 6.45) is -0.528. The Morgan fingerprint density at radius 3 is 2.74 bits per heavy atom. The largest absolute Gasteiger partial charge is 0.495 e. The number of carbonyl (C=O) groups excluding carboxylic acids is 1. The van der Waals surface area contributed by atoms with Gasteiger partial charge in [-0.15, -0.1) is 0 Å². The molecule has 2 aliphatic heterocycles. The third kappa shape index (κ3) is 4.39. The number of anilines is 1. The maximum atomic E-state index is 12.0. The number of carboxylic acid groups (broad SMARTS) is 1. The summed E-state index contributed by atoms with van der Waals surface area (Å²) in [5.41, 5.74) is 0.600. The van der Waals surface area contributed by atoms with E-state index in [2.05, 4.69) is 4.99 Å². The number of fused-ring (bicyclic) bond motifs is 1. The number of carbonyl (C=O) groups is 2. The summed E-state index contributed by atoms with van der Waals surface area (Å²) >= 11 is 7.42. The molecule has 1 aromatic carbocycles. The van der Waals surface area contributed by atoms with Crippen molar-refractivity contribution in [3.05, 3.63) is 23.2 Å². The number of hydrogen-bond acceptors (Lipinski definition) is 6. The topological polar surface area (TPSA) is 113 Å². The van der Waals surface area contributed by atoms with Crippen LogP contribution in [0.2, 0.25) is 5.02 Å². The Kier molecular flexibility index (Phi) is 5.68. The number of methoxy groups -OCH3 is 1. The van der Waals surface area contributed by atoms with Gasteiger partial charge in [0, 0.05) is 17.4 Å². The minimum Gasteiger partial charge on any atom is -0.495 e. The van der Waals surface area contributed by atoms with E-state index >= 15 is 0 Å². The van der Waals surface area contributed by atoms with Gasteiger partial charge in [-0.2, -0.15) is 4.99 Å². The number of ether oxygens (including phenoxy) is 1. The number of aliphatic imine (C=N–C) groups is 1. The van der Waals surface area contributed by atoms with Crippen LogP contribution in [0, 0.1) is 0 Å². The third-order valence-corrected chi connectivity index (χ3v) is 7.76. The number of nitrogens with zero attached hydrogens (tertiary/aromatic N) is 2. The van der Waals surface area contributed by atoms with Crippen LogP contribution < -0.4 is 9.64 Å². The summed E-state index contributed by atoms with van der Waals surface area (Å²) < 4.78 is 29.2. The Balaban J connectivity index is 1.94. The molecule has 2 fully saturated rings. The highest BCUT2D eigenvalue weighted by Gasteiger charge is 2.49. The van der Waals surface area contributed by atoms with Crippen molar-refractivity contribution in [2.75, 3.05) is 23.5 Å². The molecule has 3 rings (SSSR count). The zero-order chi connectivity index (χ0) is 19.8. The number of amides is 1. The molecule has 2 atom stereocenters. The first-order chi connectivity index (χ1) is 12.7. The van der Waals surface area contributed by atoms with Gasteiger partial charge in [-0.25, -0.2) is 8.42 Å². The molecule has 0 radical (unpaired) electrons. The second kappa shape index (κ2) is 7.69. The summed E-state index contributed by atoms with van der Waals surface area (Å²) in [5, 5.41) is 9.17. The van der Waals surface area contributed by atoms with E-state index in [0.717, 1.165) is 0 Å². The van der Waals surface area contributed by atoms with Crippen molar-refractivity contribution in [1.29, 1.82) is 0 Å². The molecule has 0 spiro atoms. The Morgan fingerprint density at radius 2 is 2.11 bits per heavy atom. The lowest BCUT2D eigenvalue weighted by atomic mass is 10.2. The molecule has 2 aliphatic rings. The fraction of sp³-hybridized carbons (Fsp3) is 0.438. The van der Waals surface area contributed by atoms with Gasteiger partial charge in [-0.3, -0.25) is 9.59 Å². The van der Waals surface area contributed by atoms with E-state index in [9.17, 15) is 18.0 Å². The summed E-state index contributed by atoms with van der Waals surface area (Å²) in [5.74, 6) is -1.21. The molecule has 1 amide bonds. The second-order valence-corrected chi connectivity index (χ2v) is 9.94. The van der Waals surface area contributed by atoms with Gasteiger partial charge in [0.05, 0.1) is 36.1 Å². The summed E-state index contributed by atoms with van der Waals surface area (Å²) in [6.45, 7) is 0. The van der Waals surface area contributed by atoms with Crippen LogP contribution in [0.1, 0.15) is 12.8 Å². The van der Waals surface area contributed by atoms with Crippen LogP contribution >= 0.6 is 23.4 Å². The molecule has 27 heavy (non-hydrogen) atoms. The molecular weight excluding hydrogens is 416 g/mol. The van der Waals surface area contributed by atoms with E-state index in [4.69, 9.17) is 21.4 Å². The van der Waals surface area contributed by atoms with Gasteiger partial charge in [-0.05, 0) is 18.2 Å². The predicted molar refractivity (Wildman–Crippen MR) is 104 cm³/mol. The quantitative estimate of drug-likeness (QED) is 0.749. The molecule has 11 heteroatoms. The number of amidine groups is 1. The van der Waals surface area contributed by atoms with Crippen LogP contribution in [-0.2, 0) is 19.4 Å². The monoisotopic (exact) mass is 432 g/mol. The van der Waals surface area contributed by atoms with E-state index in [0.29, 0.717) is 21.6 Å². The number of carboxylic acids is 1. The molecule has 146 valence electrons. The number of thioether (sulfide) groups is 1. The smallest absolute Gasteiger partial charge is 0.303 e. The van der Waals surface area contributed by atoms with Crippen LogP contribution in [0.5, 0.6) is 5.75 Å². The standard InChI is InChI=1S/C16H17ClN2O6S2/c1-25-12-3-2-9(6-10(12)17)19-11-7-27(23,24)8-13(11)26-16(19)18-14(20)4-5-15(21)22/h2-3,6,11,13H,4-5,7-8H2,1H3,(H,21,22)/t11-,13-/m0/s1. The van der Waals surface area contributed by atoms with E-state index in [1.54, 1.807) is 23.1 Å². The normalized spacial score (nSPS) is 24.8. The lowest BCUT2D eigenvalue weighted by Crippen LogP contribution is -2.37. The second-order valence-electron chi connectivity index (χ2n) is 6.17. The highest BCUT2D eigenvalue weighted by Crippen LogP contribution is 2.42. The van der Waals surface area contributed by atoms with Crippen molar-refractivity contribution in [1.82, 2.24) is 0 Å². The van der Waals surface area contributed by atoms with Crippen LogP contribution in [0.3, 0.4) is 0 Å². The maximum Gasteiger partial charge on any atom is 0.303 e. The minimum atomic E-state index is -3.18.